The smallest absolute Gasteiger partial charge is 0.407 e. The van der Waals surface area contributed by atoms with Crippen molar-refractivity contribution >= 4 is 64.1 Å². The predicted octanol–water partition coefficient (Wildman–Crippen LogP) is 5.20. The van der Waals surface area contributed by atoms with E-state index in [2.05, 4.69) is 28.2 Å². The van der Waals surface area contributed by atoms with Gasteiger partial charge in [-0.15, -0.1) is 0 Å². The third-order valence-electron chi connectivity index (χ3n) is 14.9. The van der Waals surface area contributed by atoms with Crippen molar-refractivity contribution in [2.45, 2.75) is 136 Å². The van der Waals surface area contributed by atoms with Crippen molar-refractivity contribution in [1.82, 2.24) is 30.4 Å². The molecule has 20 nitrogen and oxygen atoms in total. The zero-order chi connectivity index (χ0) is 53.9. The third-order valence-corrected chi connectivity index (χ3v) is 14.9. The molecule has 0 radical (unpaired) electrons. The van der Waals surface area contributed by atoms with E-state index < -0.39 is 47.6 Å². The molecule has 1 aliphatic carbocycles. The van der Waals surface area contributed by atoms with Gasteiger partial charge in [-0.3, -0.25) is 33.7 Å². The van der Waals surface area contributed by atoms with Gasteiger partial charge in [0.25, 0.3) is 17.4 Å². The summed E-state index contributed by atoms with van der Waals surface area (Å²) in [6.07, 6.45) is 5.11. The van der Waals surface area contributed by atoms with Crippen molar-refractivity contribution in [3.05, 3.63) is 103 Å². The number of primary amides is 1. The van der Waals surface area contributed by atoms with Gasteiger partial charge in [0, 0.05) is 66.2 Å². The number of nitrogens with one attached hydrogen (secondary N) is 4. The fraction of sp³-hybridized carbons (Fsp3) is 0.455. The standard InChI is InChI=1S/C55H64N8O12/c1-6-55(73)38-25-41-49-36(26-63(41)51(69)37(38)28-74-52(55)70)47-39(18-17-35-31(5)30(4)23-40(59-49)46(35)47)60-54(72)75-27-32-13-15-34(16-14-32)58-50(68)33(11-10-21-57-53(56)71)24-42(64)48(29(2)3)61-43(65)12-8-7-9-22-62-44(66)19-20-45(62)67/h13-16,19-20,23,25,29,33,39,48,73H,6-12,17-18,21-22,24,26-28H2,1-5H3,(H,58,68)(H,60,72)(H,61,65)(H3,56,57,71)/t33-,39+,48+,55+/m1/s1. The lowest BCUT2D eigenvalue weighted by Crippen LogP contribution is -2.45. The number of benzene rings is 2. The Balaban J connectivity index is 0.902. The molecule has 4 aromatic rings. The van der Waals surface area contributed by atoms with Crippen LogP contribution in [-0.2, 0) is 70.0 Å². The topological polar surface area (TPSA) is 288 Å². The first-order chi connectivity index (χ1) is 35.8. The molecule has 4 aliphatic rings. The predicted molar refractivity (Wildman–Crippen MR) is 274 cm³/mol. The first-order valence-corrected chi connectivity index (χ1v) is 25.6. The van der Waals surface area contributed by atoms with Crippen LogP contribution in [0.15, 0.2) is 53.3 Å². The molecule has 2 aromatic heterocycles. The molecule has 7 amide bonds. The van der Waals surface area contributed by atoms with Crippen molar-refractivity contribution in [3.8, 4) is 11.4 Å². The average molecular weight is 1030 g/mol. The molecule has 0 saturated carbocycles. The second-order valence-electron chi connectivity index (χ2n) is 20.2. The van der Waals surface area contributed by atoms with Gasteiger partial charge in [0.1, 0.15) is 13.2 Å². The number of hydrogen-bond donors (Lipinski definition) is 6. The minimum atomic E-state index is -1.98. The molecule has 0 unspecified atom stereocenters. The normalized spacial score (nSPS) is 18.0. The number of aliphatic hydroxyl groups is 1. The van der Waals surface area contributed by atoms with Gasteiger partial charge in [-0.05, 0) is 117 Å². The number of alkyl carbamates (subject to hydrolysis) is 1. The van der Waals surface area contributed by atoms with E-state index in [1.807, 2.05) is 13.0 Å². The van der Waals surface area contributed by atoms with E-state index in [1.54, 1.807) is 55.7 Å². The molecule has 396 valence electrons. The van der Waals surface area contributed by atoms with Crippen molar-refractivity contribution in [2.24, 2.45) is 17.6 Å². The highest BCUT2D eigenvalue weighted by Crippen LogP contribution is 2.46. The van der Waals surface area contributed by atoms with Crippen LogP contribution in [0, 0.1) is 25.7 Å². The van der Waals surface area contributed by atoms with E-state index in [4.69, 9.17) is 20.2 Å². The highest BCUT2D eigenvalue weighted by atomic mass is 16.6. The van der Waals surface area contributed by atoms with Crippen molar-refractivity contribution < 1.29 is 52.9 Å². The number of esters is 1. The maximum absolute atomic E-state index is 14.1. The Morgan fingerprint density at radius 2 is 1.69 bits per heavy atom. The number of anilines is 1. The van der Waals surface area contributed by atoms with Crippen LogP contribution >= 0.6 is 0 Å². The Kier molecular flexibility index (Phi) is 16.0. The molecule has 8 rings (SSSR count). The van der Waals surface area contributed by atoms with Gasteiger partial charge in [-0.25, -0.2) is 19.4 Å². The van der Waals surface area contributed by atoms with Gasteiger partial charge in [0.05, 0.1) is 41.1 Å². The number of nitrogens with two attached hydrogens (primary N) is 1. The number of fused-ring (bicyclic) bond motifs is 5. The number of urea groups is 1. The van der Waals surface area contributed by atoms with Gasteiger partial charge in [0.2, 0.25) is 11.8 Å². The molecule has 7 N–H and O–H groups in total. The number of pyridine rings is 2. The summed E-state index contributed by atoms with van der Waals surface area (Å²) >= 11 is 0. The van der Waals surface area contributed by atoms with Crippen LogP contribution < -0.4 is 32.6 Å². The maximum atomic E-state index is 14.1. The number of amides is 7. The van der Waals surface area contributed by atoms with E-state index in [9.17, 15) is 48.3 Å². The summed E-state index contributed by atoms with van der Waals surface area (Å²) in [6.45, 7) is 9.57. The highest BCUT2D eigenvalue weighted by molar-refractivity contribution is 6.12. The third kappa shape index (κ3) is 11.2. The minimum absolute atomic E-state index is 0.0100. The van der Waals surface area contributed by atoms with Crippen LogP contribution in [-0.4, -0.2) is 86.2 Å². The summed E-state index contributed by atoms with van der Waals surface area (Å²) in [5, 5.41) is 23.6. The number of nitrogens with zero attached hydrogens (tertiary/aromatic N) is 3. The monoisotopic (exact) mass is 1030 g/mol. The van der Waals surface area contributed by atoms with E-state index in [0.717, 1.165) is 38.1 Å². The Morgan fingerprint density at radius 3 is 2.39 bits per heavy atom. The molecule has 0 saturated heterocycles. The number of aromatic nitrogens is 2. The number of ketones is 1. The largest absolute Gasteiger partial charge is 0.458 e. The number of ether oxygens (including phenoxy) is 2. The summed E-state index contributed by atoms with van der Waals surface area (Å²) in [6, 6.07) is 8.27. The number of unbranched alkanes of at least 4 members (excludes halogenated alkanes) is 2. The fourth-order valence-electron chi connectivity index (χ4n) is 10.6. The van der Waals surface area contributed by atoms with Gasteiger partial charge in [0.15, 0.2) is 11.4 Å². The molecular formula is C55H64N8O12. The number of carbonyl (C=O) groups is 8. The lowest BCUT2D eigenvalue weighted by Gasteiger charge is -2.31. The Hall–Kier alpha value is -7.74. The number of hydrogen-bond acceptors (Lipinski definition) is 13. The molecule has 20 heteroatoms. The van der Waals surface area contributed by atoms with Crippen molar-refractivity contribution in [1.29, 1.82) is 0 Å². The second-order valence-corrected chi connectivity index (χ2v) is 20.2. The van der Waals surface area contributed by atoms with E-state index in [0.29, 0.717) is 66.7 Å². The van der Waals surface area contributed by atoms with Crippen LogP contribution in [0.1, 0.15) is 129 Å². The number of cyclic esters (lactones) is 1. The summed E-state index contributed by atoms with van der Waals surface area (Å²) in [5.74, 6) is -3.74. The average Bonchev–Trinajstić information content (AvgIpc) is 3.95. The molecule has 0 fully saturated rings. The minimum Gasteiger partial charge on any atom is -0.458 e. The Labute approximate surface area is 433 Å². The summed E-state index contributed by atoms with van der Waals surface area (Å²) in [4.78, 5) is 122. The van der Waals surface area contributed by atoms with Crippen molar-refractivity contribution in [3.63, 3.8) is 0 Å². The van der Waals surface area contributed by atoms with Gasteiger partial charge >= 0.3 is 18.1 Å². The Bertz CT molecular complexity index is 3070. The van der Waals surface area contributed by atoms with Gasteiger partial charge < -0.3 is 46.1 Å². The molecule has 75 heavy (non-hydrogen) atoms. The zero-order valence-electron chi connectivity index (χ0n) is 42.9. The zero-order valence-corrected chi connectivity index (χ0v) is 42.9. The van der Waals surface area contributed by atoms with Gasteiger partial charge in [-0.2, -0.15) is 0 Å². The van der Waals surface area contributed by atoms with E-state index >= 15 is 0 Å². The molecular weight excluding hydrogens is 965 g/mol. The SMILES string of the molecule is CC[C@@]1(O)C(=O)OCc2c1cc1n(c2=O)Cc2c-1nc1cc(C)c(C)c3c1c2[C@@H](NC(=O)OCc1ccc(NC(=O)[C@H](CCCNC(N)=O)CC(=O)[C@@H](NC(=O)CCCCCN2C(=O)C=CC2=O)C(C)C)cc1)CC3. The maximum Gasteiger partial charge on any atom is 0.407 e. The molecule has 2 aromatic carbocycles. The van der Waals surface area contributed by atoms with E-state index in [-0.39, 0.29) is 105 Å². The number of imide groups is 1. The molecule has 0 spiro atoms. The second kappa shape index (κ2) is 22.4. The van der Waals surface area contributed by atoms with E-state index in [1.165, 1.54) is 12.2 Å². The van der Waals surface area contributed by atoms with Crippen LogP contribution in [0.4, 0.5) is 15.3 Å². The molecule has 5 heterocycles. The number of rotatable bonds is 21. The first kappa shape index (κ1) is 53.5. The van der Waals surface area contributed by atoms with Crippen LogP contribution in [0.3, 0.4) is 0 Å². The highest BCUT2D eigenvalue weighted by Gasteiger charge is 2.46. The fourth-order valence-corrected chi connectivity index (χ4v) is 10.6. The van der Waals surface area contributed by atoms with Crippen LogP contribution in [0.2, 0.25) is 0 Å². The summed E-state index contributed by atoms with van der Waals surface area (Å²) in [7, 11) is 0. The van der Waals surface area contributed by atoms with Crippen LogP contribution in [0.5, 0.6) is 0 Å². The van der Waals surface area contributed by atoms with Crippen LogP contribution in [0.25, 0.3) is 22.3 Å². The summed E-state index contributed by atoms with van der Waals surface area (Å²) < 4.78 is 12.6. The Morgan fingerprint density at radius 1 is 0.960 bits per heavy atom. The molecule has 4 atom stereocenters. The number of aryl methyl sites for hydroxylation is 2. The molecule has 0 bridgehead atoms. The molecule has 3 aliphatic heterocycles. The first-order valence-electron chi connectivity index (χ1n) is 25.6. The summed E-state index contributed by atoms with van der Waals surface area (Å²) in [5.41, 5.74) is 10.9. The van der Waals surface area contributed by atoms with Crippen molar-refractivity contribution in [2.75, 3.05) is 18.4 Å². The quantitative estimate of drug-likeness (QED) is 0.0314. The number of carbonyl (C=O) groups excluding carboxylic acids is 8. The van der Waals surface area contributed by atoms with Gasteiger partial charge in [-0.1, -0.05) is 39.3 Å². The lowest BCUT2D eigenvalue weighted by molar-refractivity contribution is -0.172. The lowest BCUT2D eigenvalue weighted by atomic mass is 9.81. The number of Topliss-reactive ketones (excluding diaryl/α,β-unsaturated/α-hetero) is 1.